The van der Waals surface area contributed by atoms with Crippen LogP contribution in [-0.2, 0) is 0 Å². The van der Waals surface area contributed by atoms with Gasteiger partial charge in [0.2, 0.25) is 0 Å². The number of hydrogen-bond donors (Lipinski definition) is 0. The fraction of sp³-hybridized carbons (Fsp3) is 0.133. The second-order valence-electron chi connectivity index (χ2n) is 4.48. The lowest BCUT2D eigenvalue weighted by atomic mass is 10.0. The van der Waals surface area contributed by atoms with E-state index in [9.17, 15) is 9.59 Å². The molecule has 2 heterocycles. The van der Waals surface area contributed by atoms with Gasteiger partial charge in [-0.1, -0.05) is 0 Å². The monoisotopic (exact) mass is 281 g/mol. The van der Waals surface area contributed by atoms with E-state index in [4.69, 9.17) is 4.42 Å². The second kappa shape index (κ2) is 5.62. The first-order valence-electron chi connectivity index (χ1n) is 6.40. The van der Waals surface area contributed by atoms with Crippen molar-refractivity contribution in [3.63, 3.8) is 0 Å². The molecule has 0 saturated carbocycles. The number of aromatic nitrogens is 3. The number of Topliss-reactive ketones (excluding diaryl/α,β-unsaturated/α-hetero) is 2. The molecule has 1 aromatic carbocycles. The zero-order chi connectivity index (χ0) is 14.7. The number of carbonyl (C=O) groups is 2. The molecule has 0 aliphatic rings. The summed E-state index contributed by atoms with van der Waals surface area (Å²) in [6.45, 7) is 0. The topological polar surface area (TPSA) is 86.0 Å². The highest BCUT2D eigenvalue weighted by Gasteiger charge is 2.13. The number of carbonyl (C=O) groups excluding carboxylic acids is 2. The van der Waals surface area contributed by atoms with Gasteiger partial charge in [0.25, 0.3) is 0 Å². The largest absolute Gasteiger partial charge is 0.443 e. The van der Waals surface area contributed by atoms with Crippen LogP contribution in [0.15, 0.2) is 47.6 Å². The normalized spacial score (nSPS) is 10.7. The summed E-state index contributed by atoms with van der Waals surface area (Å²) < 4.78 is 5.12. The summed E-state index contributed by atoms with van der Waals surface area (Å²) in [5, 5.41) is 0. The van der Waals surface area contributed by atoms with E-state index in [1.54, 1.807) is 18.2 Å². The van der Waals surface area contributed by atoms with Gasteiger partial charge >= 0.3 is 0 Å². The van der Waals surface area contributed by atoms with E-state index >= 15 is 0 Å². The lowest BCUT2D eigenvalue weighted by Gasteiger charge is -2.01. The molecule has 0 unspecified atom stereocenters. The number of ketones is 2. The molecule has 0 spiro atoms. The Morgan fingerprint density at radius 1 is 1.05 bits per heavy atom. The first-order chi connectivity index (χ1) is 10.2. The van der Waals surface area contributed by atoms with Gasteiger partial charge in [-0.2, -0.15) is 0 Å². The van der Waals surface area contributed by atoms with Crippen LogP contribution in [0.1, 0.15) is 33.7 Å². The van der Waals surface area contributed by atoms with Crippen molar-refractivity contribution < 1.29 is 14.0 Å². The van der Waals surface area contributed by atoms with Crippen molar-refractivity contribution in [1.82, 2.24) is 15.0 Å². The van der Waals surface area contributed by atoms with Gasteiger partial charge in [0.1, 0.15) is 17.5 Å². The minimum absolute atomic E-state index is 0.109. The molecule has 3 rings (SSSR count). The van der Waals surface area contributed by atoms with Crippen molar-refractivity contribution in [3.05, 3.63) is 54.4 Å². The van der Waals surface area contributed by atoms with Crippen LogP contribution in [0, 0.1) is 0 Å². The summed E-state index contributed by atoms with van der Waals surface area (Å²) >= 11 is 0. The molecule has 0 aliphatic carbocycles. The molecule has 0 atom stereocenters. The minimum Gasteiger partial charge on any atom is -0.443 e. The standard InChI is InChI=1S/C15H11N3O3/c19-13(2-3-14(20)11-5-6-16-8-17-11)10-1-4-15-12(7-10)18-9-21-15/h1,4-9H,2-3H2. The van der Waals surface area contributed by atoms with Gasteiger partial charge in [-0.25, -0.2) is 15.0 Å². The van der Waals surface area contributed by atoms with Gasteiger partial charge in [-0.3, -0.25) is 9.59 Å². The van der Waals surface area contributed by atoms with E-state index in [0.717, 1.165) is 0 Å². The molecule has 104 valence electrons. The van der Waals surface area contributed by atoms with E-state index in [0.29, 0.717) is 22.4 Å². The summed E-state index contributed by atoms with van der Waals surface area (Å²) in [6.07, 6.45) is 4.39. The fourth-order valence-corrected chi connectivity index (χ4v) is 1.99. The molecular weight excluding hydrogens is 270 g/mol. The average molecular weight is 281 g/mol. The third kappa shape index (κ3) is 2.84. The van der Waals surface area contributed by atoms with Crippen LogP contribution < -0.4 is 0 Å². The van der Waals surface area contributed by atoms with E-state index in [1.807, 2.05) is 0 Å². The van der Waals surface area contributed by atoms with E-state index in [2.05, 4.69) is 15.0 Å². The zero-order valence-corrected chi connectivity index (χ0v) is 11.0. The highest BCUT2D eigenvalue weighted by molar-refractivity contribution is 6.02. The predicted octanol–water partition coefficient (Wildman–Crippen LogP) is 2.46. The molecule has 0 N–H and O–H groups in total. The van der Waals surface area contributed by atoms with Crippen LogP contribution in [0.25, 0.3) is 11.1 Å². The molecule has 3 aromatic rings. The van der Waals surface area contributed by atoms with Crippen LogP contribution in [0.2, 0.25) is 0 Å². The van der Waals surface area contributed by atoms with Crippen molar-refractivity contribution in [2.24, 2.45) is 0 Å². The van der Waals surface area contributed by atoms with Crippen molar-refractivity contribution >= 4 is 22.7 Å². The number of nitrogens with zero attached hydrogens (tertiary/aromatic N) is 3. The molecule has 21 heavy (non-hydrogen) atoms. The average Bonchev–Trinajstić information content (AvgIpc) is 3.00. The molecule has 0 aliphatic heterocycles. The minimum atomic E-state index is -0.173. The summed E-state index contributed by atoms with van der Waals surface area (Å²) in [4.78, 5) is 35.6. The number of rotatable bonds is 5. The Morgan fingerprint density at radius 3 is 2.71 bits per heavy atom. The van der Waals surface area contributed by atoms with Gasteiger partial charge in [0.05, 0.1) is 0 Å². The lowest BCUT2D eigenvalue weighted by molar-refractivity contribution is 0.0915. The van der Waals surface area contributed by atoms with Gasteiger partial charge in [0.15, 0.2) is 23.5 Å². The number of fused-ring (bicyclic) bond motifs is 1. The van der Waals surface area contributed by atoms with Crippen molar-refractivity contribution in [1.29, 1.82) is 0 Å². The molecule has 0 radical (unpaired) electrons. The Balaban J connectivity index is 1.67. The molecule has 0 bridgehead atoms. The fourth-order valence-electron chi connectivity index (χ4n) is 1.99. The molecule has 0 saturated heterocycles. The van der Waals surface area contributed by atoms with Crippen LogP contribution in [0.5, 0.6) is 0 Å². The zero-order valence-electron chi connectivity index (χ0n) is 11.0. The Kier molecular flexibility index (Phi) is 3.51. The maximum atomic E-state index is 12.1. The molecule has 6 nitrogen and oxygen atoms in total. The summed E-state index contributed by atoms with van der Waals surface area (Å²) in [5.41, 5.74) is 2.10. The first-order valence-corrected chi connectivity index (χ1v) is 6.40. The number of benzene rings is 1. The highest BCUT2D eigenvalue weighted by atomic mass is 16.3. The Hall–Kier alpha value is -2.89. The van der Waals surface area contributed by atoms with Crippen molar-refractivity contribution in [2.75, 3.05) is 0 Å². The predicted molar refractivity (Wildman–Crippen MR) is 73.9 cm³/mol. The molecular formula is C15H11N3O3. The van der Waals surface area contributed by atoms with E-state index in [1.165, 1.54) is 25.0 Å². The highest BCUT2D eigenvalue weighted by Crippen LogP contribution is 2.16. The maximum absolute atomic E-state index is 12.1. The van der Waals surface area contributed by atoms with E-state index in [-0.39, 0.29) is 24.4 Å². The number of oxazole rings is 1. The molecule has 0 amide bonds. The second-order valence-corrected chi connectivity index (χ2v) is 4.48. The van der Waals surface area contributed by atoms with Gasteiger partial charge in [0, 0.05) is 24.6 Å². The molecule has 0 fully saturated rings. The Labute approximate surface area is 119 Å². The summed E-state index contributed by atoms with van der Waals surface area (Å²) in [6, 6.07) is 6.57. The van der Waals surface area contributed by atoms with E-state index < -0.39 is 0 Å². The third-order valence-corrected chi connectivity index (χ3v) is 3.10. The van der Waals surface area contributed by atoms with Crippen LogP contribution in [-0.4, -0.2) is 26.5 Å². The van der Waals surface area contributed by atoms with Crippen LogP contribution in [0.4, 0.5) is 0 Å². The summed E-state index contributed by atoms with van der Waals surface area (Å²) in [5.74, 6) is -0.282. The van der Waals surface area contributed by atoms with Crippen molar-refractivity contribution in [2.45, 2.75) is 12.8 Å². The quantitative estimate of drug-likeness (QED) is 0.668. The Morgan fingerprint density at radius 2 is 1.90 bits per heavy atom. The van der Waals surface area contributed by atoms with Crippen LogP contribution >= 0.6 is 0 Å². The van der Waals surface area contributed by atoms with Crippen molar-refractivity contribution in [3.8, 4) is 0 Å². The first kappa shape index (κ1) is 13.1. The third-order valence-electron chi connectivity index (χ3n) is 3.10. The maximum Gasteiger partial charge on any atom is 0.181 e. The van der Waals surface area contributed by atoms with Gasteiger partial charge < -0.3 is 4.42 Å². The molecule has 6 heteroatoms. The van der Waals surface area contributed by atoms with Crippen LogP contribution in [0.3, 0.4) is 0 Å². The Bertz CT molecular complexity index is 796. The smallest absolute Gasteiger partial charge is 0.181 e. The number of hydrogen-bond acceptors (Lipinski definition) is 6. The van der Waals surface area contributed by atoms with Gasteiger partial charge in [-0.05, 0) is 24.3 Å². The SMILES string of the molecule is O=C(CCC(=O)c1ccncn1)c1ccc2ocnc2c1. The molecule has 2 aromatic heterocycles. The summed E-state index contributed by atoms with van der Waals surface area (Å²) in [7, 11) is 0. The lowest BCUT2D eigenvalue weighted by Crippen LogP contribution is -2.06. The van der Waals surface area contributed by atoms with Gasteiger partial charge in [-0.15, -0.1) is 0 Å².